The van der Waals surface area contributed by atoms with Crippen LogP contribution in [0.3, 0.4) is 0 Å². The van der Waals surface area contributed by atoms with Crippen molar-refractivity contribution in [1.29, 1.82) is 0 Å². The van der Waals surface area contributed by atoms with Crippen LogP contribution in [-0.4, -0.2) is 54.6 Å². The largest absolute Gasteiger partial charge is 0.384 e. The Bertz CT molecular complexity index is 750. The van der Waals surface area contributed by atoms with Gasteiger partial charge in [0.1, 0.15) is 0 Å². The Labute approximate surface area is 160 Å². The molecule has 1 aliphatic carbocycles. The molecule has 2 heterocycles. The highest BCUT2D eigenvalue weighted by Gasteiger charge is 2.52. The fraction of sp³-hybridized carbons (Fsp3) is 0.619. The zero-order valence-electron chi connectivity index (χ0n) is 16.2. The van der Waals surface area contributed by atoms with E-state index < -0.39 is 0 Å². The number of carbonyl (C=O) groups is 2. The van der Waals surface area contributed by atoms with E-state index in [0.717, 1.165) is 56.3 Å². The van der Waals surface area contributed by atoms with Crippen molar-refractivity contribution in [3.63, 3.8) is 0 Å². The number of hydrogen-bond acceptors (Lipinski definition) is 4. The summed E-state index contributed by atoms with van der Waals surface area (Å²) in [6.45, 7) is 3.17. The number of aryl methyl sites for hydroxylation is 1. The molecular formula is C21H29N3O3. The van der Waals surface area contributed by atoms with Crippen LogP contribution >= 0.6 is 0 Å². The highest BCUT2D eigenvalue weighted by molar-refractivity contribution is 6.01. The van der Waals surface area contributed by atoms with Crippen molar-refractivity contribution in [3.05, 3.63) is 29.3 Å². The second-order valence-corrected chi connectivity index (χ2v) is 8.08. The normalized spacial score (nSPS) is 29.5. The molecular weight excluding hydrogens is 342 g/mol. The van der Waals surface area contributed by atoms with Gasteiger partial charge in [-0.05, 0) is 50.2 Å². The molecule has 4 rings (SSSR count). The molecule has 0 bridgehead atoms. The number of rotatable bonds is 3. The van der Waals surface area contributed by atoms with Crippen LogP contribution < -0.4 is 10.6 Å². The number of nitrogens with one attached hydrogen (secondary N) is 2. The molecule has 1 aromatic rings. The number of benzene rings is 1. The van der Waals surface area contributed by atoms with E-state index in [2.05, 4.69) is 16.7 Å². The van der Waals surface area contributed by atoms with Crippen molar-refractivity contribution in [3.8, 4) is 0 Å². The van der Waals surface area contributed by atoms with E-state index in [-0.39, 0.29) is 29.5 Å². The van der Waals surface area contributed by atoms with Gasteiger partial charge in [0.2, 0.25) is 5.91 Å². The van der Waals surface area contributed by atoms with E-state index in [4.69, 9.17) is 4.74 Å². The third-order valence-electron chi connectivity index (χ3n) is 6.56. The van der Waals surface area contributed by atoms with E-state index in [1.165, 1.54) is 5.56 Å². The molecule has 2 N–H and O–H groups in total. The van der Waals surface area contributed by atoms with Crippen molar-refractivity contribution in [1.82, 2.24) is 10.2 Å². The summed E-state index contributed by atoms with van der Waals surface area (Å²) >= 11 is 0. The molecule has 1 saturated carbocycles. The van der Waals surface area contributed by atoms with Gasteiger partial charge in [-0.1, -0.05) is 12.1 Å². The smallest absolute Gasteiger partial charge is 0.256 e. The van der Waals surface area contributed by atoms with Crippen molar-refractivity contribution in [2.24, 2.45) is 0 Å². The molecule has 1 aromatic carbocycles. The summed E-state index contributed by atoms with van der Waals surface area (Å²) < 4.78 is 5.96. The second kappa shape index (κ2) is 7.15. The maximum atomic E-state index is 13.5. The van der Waals surface area contributed by atoms with Gasteiger partial charge in [0, 0.05) is 33.2 Å². The lowest BCUT2D eigenvalue weighted by Gasteiger charge is -2.43. The SMILES string of the molecule is CO[C@@]12CC[C@@H](NC(C)=O)C[C@@H]1N(C(=O)c1cccc3c1NCCC3)CC2. The lowest BCUT2D eigenvalue weighted by Crippen LogP contribution is -2.55. The molecule has 3 aliphatic rings. The average molecular weight is 371 g/mol. The Morgan fingerprint density at radius 3 is 2.96 bits per heavy atom. The predicted molar refractivity (Wildman–Crippen MR) is 104 cm³/mol. The van der Waals surface area contributed by atoms with Crippen molar-refractivity contribution in [2.45, 2.75) is 63.1 Å². The van der Waals surface area contributed by atoms with Gasteiger partial charge in [-0.3, -0.25) is 9.59 Å². The number of nitrogens with zero attached hydrogens (tertiary/aromatic N) is 1. The second-order valence-electron chi connectivity index (χ2n) is 8.08. The summed E-state index contributed by atoms with van der Waals surface area (Å²) in [5, 5.41) is 6.47. The van der Waals surface area contributed by atoms with Crippen LogP contribution in [0.5, 0.6) is 0 Å². The standard InChI is InChI=1S/C21H29N3O3/c1-14(25)23-16-8-9-21(27-2)10-12-24(18(21)13-16)20(26)17-7-3-5-15-6-4-11-22-19(15)17/h3,5,7,16,18,22H,4,6,8-13H2,1-2H3,(H,23,25)/t16-,18+,21-/m1/s1. The lowest BCUT2D eigenvalue weighted by atomic mass is 9.78. The molecule has 146 valence electrons. The molecule has 0 aromatic heterocycles. The minimum atomic E-state index is -0.285. The third-order valence-corrected chi connectivity index (χ3v) is 6.56. The van der Waals surface area contributed by atoms with Gasteiger partial charge in [-0.25, -0.2) is 0 Å². The average Bonchev–Trinajstić information content (AvgIpc) is 3.06. The molecule has 2 amide bonds. The Balaban J connectivity index is 1.61. The maximum absolute atomic E-state index is 13.5. The Kier molecular flexibility index (Phi) is 4.84. The first-order chi connectivity index (χ1) is 13.0. The van der Waals surface area contributed by atoms with Crippen LogP contribution in [0.25, 0.3) is 0 Å². The van der Waals surface area contributed by atoms with Gasteiger partial charge in [-0.15, -0.1) is 0 Å². The van der Waals surface area contributed by atoms with Gasteiger partial charge in [0.25, 0.3) is 5.91 Å². The molecule has 2 fully saturated rings. The lowest BCUT2D eigenvalue weighted by molar-refractivity contribution is -0.121. The monoisotopic (exact) mass is 371 g/mol. The molecule has 0 unspecified atom stereocenters. The maximum Gasteiger partial charge on any atom is 0.256 e. The number of methoxy groups -OCH3 is 1. The number of para-hydroxylation sites is 1. The minimum absolute atomic E-state index is 0.0000432. The summed E-state index contributed by atoms with van der Waals surface area (Å²) in [5.41, 5.74) is 2.70. The minimum Gasteiger partial charge on any atom is -0.384 e. The first-order valence-electron chi connectivity index (χ1n) is 10.0. The number of ether oxygens (including phenoxy) is 1. The van der Waals surface area contributed by atoms with Crippen molar-refractivity contribution < 1.29 is 14.3 Å². The third kappa shape index (κ3) is 3.20. The van der Waals surface area contributed by atoms with E-state index >= 15 is 0 Å². The van der Waals surface area contributed by atoms with Crippen LogP contribution in [0.1, 0.15) is 54.9 Å². The number of likely N-dealkylation sites (tertiary alicyclic amines) is 1. The van der Waals surface area contributed by atoms with Crippen LogP contribution in [0.4, 0.5) is 5.69 Å². The van der Waals surface area contributed by atoms with Crippen LogP contribution in [-0.2, 0) is 16.0 Å². The molecule has 0 radical (unpaired) electrons. The number of anilines is 1. The topological polar surface area (TPSA) is 70.7 Å². The van der Waals surface area contributed by atoms with Crippen LogP contribution in [0.2, 0.25) is 0 Å². The van der Waals surface area contributed by atoms with Gasteiger partial charge >= 0.3 is 0 Å². The van der Waals surface area contributed by atoms with Crippen molar-refractivity contribution in [2.75, 3.05) is 25.5 Å². The van der Waals surface area contributed by atoms with Crippen LogP contribution in [0, 0.1) is 0 Å². The molecule has 27 heavy (non-hydrogen) atoms. The highest BCUT2D eigenvalue weighted by Crippen LogP contribution is 2.43. The van der Waals surface area contributed by atoms with Gasteiger partial charge in [0.05, 0.1) is 22.9 Å². The van der Waals surface area contributed by atoms with E-state index in [9.17, 15) is 9.59 Å². The van der Waals surface area contributed by atoms with Gasteiger partial charge < -0.3 is 20.3 Å². The summed E-state index contributed by atoms with van der Waals surface area (Å²) in [6.07, 6.45) is 5.49. The molecule has 6 heteroatoms. The number of amides is 2. The molecule has 2 aliphatic heterocycles. The molecule has 3 atom stereocenters. The Morgan fingerprint density at radius 2 is 2.19 bits per heavy atom. The Hall–Kier alpha value is -2.08. The predicted octanol–water partition coefficient (Wildman–Crippen LogP) is 2.33. The van der Waals surface area contributed by atoms with Gasteiger partial charge in [-0.2, -0.15) is 0 Å². The van der Waals surface area contributed by atoms with Gasteiger partial charge in [0.15, 0.2) is 0 Å². The summed E-state index contributed by atoms with van der Waals surface area (Å²) in [6, 6.07) is 6.13. The summed E-state index contributed by atoms with van der Waals surface area (Å²) in [7, 11) is 1.76. The van der Waals surface area contributed by atoms with E-state index in [1.54, 1.807) is 14.0 Å². The fourth-order valence-electron chi connectivity index (χ4n) is 5.20. The van der Waals surface area contributed by atoms with E-state index in [0.29, 0.717) is 6.54 Å². The molecule has 1 saturated heterocycles. The van der Waals surface area contributed by atoms with E-state index in [1.807, 2.05) is 17.0 Å². The summed E-state index contributed by atoms with van der Waals surface area (Å²) in [4.78, 5) is 27.0. The van der Waals surface area contributed by atoms with Crippen molar-refractivity contribution >= 4 is 17.5 Å². The summed E-state index contributed by atoms with van der Waals surface area (Å²) in [5.74, 6) is 0.0655. The zero-order valence-corrected chi connectivity index (χ0v) is 16.2. The van der Waals surface area contributed by atoms with Crippen LogP contribution in [0.15, 0.2) is 18.2 Å². The first kappa shape index (κ1) is 18.3. The highest BCUT2D eigenvalue weighted by atomic mass is 16.5. The number of carbonyl (C=O) groups excluding carboxylic acids is 2. The Morgan fingerprint density at radius 1 is 1.33 bits per heavy atom. The molecule has 6 nitrogen and oxygen atoms in total. The quantitative estimate of drug-likeness (QED) is 0.856. The molecule has 0 spiro atoms. The zero-order chi connectivity index (χ0) is 19.0. The number of hydrogen-bond donors (Lipinski definition) is 2. The number of fused-ring (bicyclic) bond motifs is 2. The fourth-order valence-corrected chi connectivity index (χ4v) is 5.20. The first-order valence-corrected chi connectivity index (χ1v) is 10.0.